The molecule has 0 spiro atoms. The van der Waals surface area contributed by atoms with E-state index in [9.17, 15) is 0 Å². The first-order valence-electron chi connectivity index (χ1n) is 10.6. The van der Waals surface area contributed by atoms with Crippen LogP contribution in [-0.2, 0) is 0 Å². The molecular weight excluding hydrogens is 404 g/mol. The molecule has 0 aliphatic carbocycles. The largest absolute Gasteiger partial charge is 0.490 e. The van der Waals surface area contributed by atoms with Crippen LogP contribution < -0.4 is 18.9 Å². The van der Waals surface area contributed by atoms with E-state index < -0.39 is 0 Å². The number of hydrogen-bond donors (Lipinski definition) is 0. The van der Waals surface area contributed by atoms with Gasteiger partial charge in [-0.1, -0.05) is 24.3 Å². The van der Waals surface area contributed by atoms with Gasteiger partial charge < -0.3 is 18.9 Å². The van der Waals surface area contributed by atoms with Gasteiger partial charge in [-0.05, 0) is 63.1 Å². The molecule has 0 N–H and O–H groups in total. The summed E-state index contributed by atoms with van der Waals surface area (Å²) in [6.07, 6.45) is 3.35. The molecule has 2 rings (SSSR count). The lowest BCUT2D eigenvalue weighted by Gasteiger charge is -2.12. The quantitative estimate of drug-likeness (QED) is 0.300. The summed E-state index contributed by atoms with van der Waals surface area (Å²) in [4.78, 5) is 7.18. The summed E-state index contributed by atoms with van der Waals surface area (Å²) < 4.78 is 22.5. The van der Waals surface area contributed by atoms with Crippen molar-refractivity contribution in [3.8, 4) is 23.0 Å². The summed E-state index contributed by atoms with van der Waals surface area (Å²) in [5.74, 6) is 2.51. The number of hydrogen-bond acceptors (Lipinski definition) is 4. The third-order valence-electron chi connectivity index (χ3n) is 4.25. The molecule has 0 fully saturated rings. The average Bonchev–Trinajstić information content (AvgIpc) is 2.80. The molecule has 0 aliphatic rings. The van der Waals surface area contributed by atoms with Gasteiger partial charge in [0, 0.05) is 0 Å². The molecule has 2 aromatic carbocycles. The maximum atomic E-state index is 7.62. The van der Waals surface area contributed by atoms with Gasteiger partial charge in [0.15, 0.2) is 34.4 Å². The number of benzene rings is 2. The summed E-state index contributed by atoms with van der Waals surface area (Å²) in [5, 5.41) is 0. The summed E-state index contributed by atoms with van der Waals surface area (Å²) in [6, 6.07) is 10.9. The molecule has 0 atom stereocenters. The Labute approximate surface area is 190 Å². The molecule has 6 nitrogen and oxygen atoms in total. The molecular formula is C26H28N2O4. The van der Waals surface area contributed by atoms with Gasteiger partial charge in [0.05, 0.1) is 39.6 Å². The van der Waals surface area contributed by atoms with Crippen molar-refractivity contribution in [2.24, 2.45) is 0 Å². The number of rotatable bonds is 11. The first-order valence-corrected chi connectivity index (χ1v) is 10.6. The van der Waals surface area contributed by atoms with Crippen LogP contribution in [-0.4, -0.2) is 26.4 Å². The van der Waals surface area contributed by atoms with E-state index in [2.05, 4.69) is 9.69 Å². The van der Waals surface area contributed by atoms with Crippen LogP contribution in [0.25, 0.3) is 21.8 Å². The van der Waals surface area contributed by atoms with Crippen LogP contribution in [0.5, 0.6) is 23.0 Å². The van der Waals surface area contributed by atoms with Gasteiger partial charge in [-0.15, -0.1) is 0 Å². The highest BCUT2D eigenvalue weighted by atomic mass is 16.5. The second-order valence-electron chi connectivity index (χ2n) is 6.43. The molecule has 0 radical (unpaired) electrons. The van der Waals surface area contributed by atoms with Crippen LogP contribution in [0.15, 0.2) is 47.8 Å². The minimum absolute atomic E-state index is 0.235. The van der Waals surface area contributed by atoms with Crippen LogP contribution in [0, 0.1) is 13.1 Å². The molecule has 166 valence electrons. The van der Waals surface area contributed by atoms with E-state index in [4.69, 9.17) is 32.1 Å². The monoisotopic (exact) mass is 432 g/mol. The lowest BCUT2D eigenvalue weighted by Crippen LogP contribution is -1.98. The molecule has 6 heteroatoms. The molecule has 32 heavy (non-hydrogen) atoms. The molecule has 0 amide bonds. The minimum atomic E-state index is 0.235. The smallest absolute Gasteiger partial charge is 0.195 e. The fourth-order valence-corrected chi connectivity index (χ4v) is 2.96. The van der Waals surface area contributed by atoms with E-state index >= 15 is 0 Å². The van der Waals surface area contributed by atoms with Gasteiger partial charge in [-0.3, -0.25) is 9.69 Å². The second-order valence-corrected chi connectivity index (χ2v) is 6.43. The highest BCUT2D eigenvalue weighted by Crippen LogP contribution is 2.32. The molecule has 0 aromatic heterocycles. The van der Waals surface area contributed by atoms with Gasteiger partial charge >= 0.3 is 0 Å². The van der Waals surface area contributed by atoms with Crippen molar-refractivity contribution in [2.45, 2.75) is 27.7 Å². The third kappa shape index (κ3) is 6.55. The Morgan fingerprint density at radius 3 is 1.28 bits per heavy atom. The van der Waals surface area contributed by atoms with Crippen molar-refractivity contribution in [1.82, 2.24) is 0 Å². The predicted octanol–water partition coefficient (Wildman–Crippen LogP) is 6.50. The Morgan fingerprint density at radius 2 is 0.969 bits per heavy atom. The predicted molar refractivity (Wildman–Crippen MR) is 127 cm³/mol. The molecule has 0 heterocycles. The summed E-state index contributed by atoms with van der Waals surface area (Å²) >= 11 is 0. The van der Waals surface area contributed by atoms with E-state index in [-0.39, 0.29) is 11.4 Å². The van der Waals surface area contributed by atoms with Gasteiger partial charge in [0.25, 0.3) is 0 Å². The zero-order chi connectivity index (χ0) is 23.3. The molecule has 0 saturated heterocycles. The van der Waals surface area contributed by atoms with Crippen LogP contribution in [0.2, 0.25) is 0 Å². The van der Waals surface area contributed by atoms with Crippen molar-refractivity contribution in [1.29, 1.82) is 0 Å². The van der Waals surface area contributed by atoms with Crippen molar-refractivity contribution >= 4 is 12.2 Å². The van der Waals surface area contributed by atoms with Gasteiger partial charge in [0.2, 0.25) is 0 Å². The highest BCUT2D eigenvalue weighted by Gasteiger charge is 2.11. The zero-order valence-corrected chi connectivity index (χ0v) is 19.0. The topological polar surface area (TPSA) is 45.6 Å². The van der Waals surface area contributed by atoms with Crippen LogP contribution >= 0.6 is 0 Å². The first kappa shape index (κ1) is 24.4. The molecule has 0 aliphatic heterocycles. The van der Waals surface area contributed by atoms with E-state index in [0.29, 0.717) is 49.4 Å². The molecule has 0 saturated carbocycles. The van der Waals surface area contributed by atoms with Crippen molar-refractivity contribution in [2.75, 3.05) is 26.4 Å². The van der Waals surface area contributed by atoms with Gasteiger partial charge in [0.1, 0.15) is 0 Å². The van der Waals surface area contributed by atoms with E-state index in [0.717, 1.165) is 11.1 Å². The molecule has 2 aromatic rings. The fourth-order valence-electron chi connectivity index (χ4n) is 2.96. The maximum Gasteiger partial charge on any atom is 0.195 e. The van der Waals surface area contributed by atoms with Gasteiger partial charge in [-0.2, -0.15) is 0 Å². The summed E-state index contributed by atoms with van der Waals surface area (Å²) in [5.41, 5.74) is 1.97. The fraction of sp³-hybridized carbons (Fsp3) is 0.308. The van der Waals surface area contributed by atoms with E-state index in [1.54, 1.807) is 12.2 Å². The first-order chi connectivity index (χ1) is 15.6. The lowest BCUT2D eigenvalue weighted by molar-refractivity contribution is 0.287. The van der Waals surface area contributed by atoms with E-state index in [1.165, 1.54) is 0 Å². The molecule has 0 unspecified atom stereocenters. The standard InChI is InChI=1S/C26H28N2O4/c1-7-29-23-13-11-19(17-25(23)31-9-3)15-21(27-5)22(28-6)16-20-12-14-24(30-8-2)26(18-20)32-10-4/h11-18H,7-10H2,1-4H3/b21-15-,22-16-. The Bertz CT molecular complexity index is 973. The number of ether oxygens (including phenoxy) is 4. The minimum Gasteiger partial charge on any atom is -0.490 e. The average molecular weight is 433 g/mol. The SMILES string of the molecule is [C-]#[N+]C(=C\c1ccc(OCC)c(OCC)c1)/C(=C/c1ccc(OCC)c(OCC)c1)[N+]#[C-]. The second kappa shape index (κ2) is 12.7. The summed E-state index contributed by atoms with van der Waals surface area (Å²) in [7, 11) is 0. The van der Waals surface area contributed by atoms with Crippen molar-refractivity contribution in [3.63, 3.8) is 0 Å². The summed E-state index contributed by atoms with van der Waals surface area (Å²) in [6.45, 7) is 24.9. The van der Waals surface area contributed by atoms with Crippen LogP contribution in [0.4, 0.5) is 0 Å². The highest BCUT2D eigenvalue weighted by molar-refractivity contribution is 5.71. The Balaban J connectivity index is 2.44. The number of nitrogens with zero attached hydrogens (tertiary/aromatic N) is 2. The Kier molecular flexibility index (Phi) is 9.69. The van der Waals surface area contributed by atoms with Crippen molar-refractivity contribution in [3.05, 3.63) is 81.8 Å². The van der Waals surface area contributed by atoms with Crippen molar-refractivity contribution < 1.29 is 18.9 Å². The third-order valence-corrected chi connectivity index (χ3v) is 4.25. The molecule has 0 bridgehead atoms. The van der Waals surface area contributed by atoms with E-state index in [1.807, 2.05) is 64.1 Å². The maximum absolute atomic E-state index is 7.62. The lowest BCUT2D eigenvalue weighted by atomic mass is 10.1. The Morgan fingerprint density at radius 1 is 0.625 bits per heavy atom. The zero-order valence-electron chi connectivity index (χ0n) is 19.0. The van der Waals surface area contributed by atoms with Gasteiger partial charge in [-0.25, -0.2) is 0 Å². The van der Waals surface area contributed by atoms with Crippen LogP contribution in [0.1, 0.15) is 38.8 Å². The van der Waals surface area contributed by atoms with Crippen LogP contribution in [0.3, 0.4) is 0 Å². The normalized spacial score (nSPS) is 11.3. The Hall–Kier alpha value is -3.90.